The molecular formula is C18H23N5O. The normalized spacial score (nSPS) is 11.0. The van der Waals surface area contributed by atoms with Crippen molar-refractivity contribution in [1.29, 1.82) is 0 Å². The number of rotatable bonds is 7. The van der Waals surface area contributed by atoms with Gasteiger partial charge in [-0.05, 0) is 37.6 Å². The summed E-state index contributed by atoms with van der Waals surface area (Å²) in [4.78, 5) is 0. The number of aryl methyl sites for hydroxylation is 1. The van der Waals surface area contributed by atoms with Crippen molar-refractivity contribution in [3.05, 3.63) is 65.2 Å². The van der Waals surface area contributed by atoms with Gasteiger partial charge in [0.25, 0.3) is 0 Å². The smallest absolute Gasteiger partial charge is 0.0660 e. The molecule has 0 atom stereocenters. The van der Waals surface area contributed by atoms with Crippen molar-refractivity contribution < 1.29 is 5.11 Å². The van der Waals surface area contributed by atoms with Crippen LogP contribution in [0.3, 0.4) is 0 Å². The standard InChI is InChI=1S/C18H23N5O/c1-14-18(15(2)23(21-14)9-10-24)12-19-17-6-3-5-16(11-17)13-22-8-4-7-20-22/h3-8,11,19,24H,9-10,12-13H2,1-2H3. The Labute approximate surface area is 141 Å². The highest BCUT2D eigenvalue weighted by Gasteiger charge is 2.11. The summed E-state index contributed by atoms with van der Waals surface area (Å²) in [5, 5.41) is 21.3. The van der Waals surface area contributed by atoms with Crippen LogP contribution in [0.2, 0.25) is 0 Å². The number of aliphatic hydroxyl groups is 1. The van der Waals surface area contributed by atoms with Crippen LogP contribution in [0.1, 0.15) is 22.5 Å². The van der Waals surface area contributed by atoms with E-state index >= 15 is 0 Å². The molecule has 3 rings (SSSR count). The first-order valence-corrected chi connectivity index (χ1v) is 8.11. The van der Waals surface area contributed by atoms with Crippen LogP contribution in [0, 0.1) is 13.8 Å². The highest BCUT2D eigenvalue weighted by molar-refractivity contribution is 5.47. The van der Waals surface area contributed by atoms with Gasteiger partial charge in [-0.2, -0.15) is 10.2 Å². The number of nitrogens with one attached hydrogen (secondary N) is 1. The lowest BCUT2D eigenvalue weighted by atomic mass is 10.1. The molecule has 24 heavy (non-hydrogen) atoms. The van der Waals surface area contributed by atoms with Crippen molar-refractivity contribution in [2.24, 2.45) is 0 Å². The van der Waals surface area contributed by atoms with Crippen molar-refractivity contribution in [2.75, 3.05) is 11.9 Å². The molecule has 6 heteroatoms. The lowest BCUT2D eigenvalue weighted by molar-refractivity contribution is 0.268. The fourth-order valence-electron chi connectivity index (χ4n) is 2.85. The van der Waals surface area contributed by atoms with E-state index in [9.17, 15) is 0 Å². The van der Waals surface area contributed by atoms with Crippen molar-refractivity contribution >= 4 is 5.69 Å². The third-order valence-electron chi connectivity index (χ3n) is 4.14. The van der Waals surface area contributed by atoms with E-state index < -0.39 is 0 Å². The van der Waals surface area contributed by atoms with E-state index in [0.29, 0.717) is 13.1 Å². The van der Waals surface area contributed by atoms with Crippen molar-refractivity contribution in [2.45, 2.75) is 33.5 Å². The monoisotopic (exact) mass is 325 g/mol. The highest BCUT2D eigenvalue weighted by atomic mass is 16.3. The van der Waals surface area contributed by atoms with Gasteiger partial charge in [0.15, 0.2) is 0 Å². The van der Waals surface area contributed by atoms with Gasteiger partial charge in [0.05, 0.1) is 25.4 Å². The summed E-state index contributed by atoms with van der Waals surface area (Å²) in [5.41, 5.74) is 5.56. The molecule has 0 aliphatic heterocycles. The fraction of sp³-hybridized carbons (Fsp3) is 0.333. The minimum atomic E-state index is 0.101. The summed E-state index contributed by atoms with van der Waals surface area (Å²) in [6.45, 7) is 6.16. The van der Waals surface area contributed by atoms with Gasteiger partial charge in [0.1, 0.15) is 0 Å². The first kappa shape index (κ1) is 16.3. The lowest BCUT2D eigenvalue weighted by Crippen LogP contribution is -2.07. The van der Waals surface area contributed by atoms with E-state index in [2.05, 4.69) is 39.8 Å². The van der Waals surface area contributed by atoms with Crippen LogP contribution in [0.25, 0.3) is 0 Å². The second-order valence-corrected chi connectivity index (χ2v) is 5.85. The third-order valence-corrected chi connectivity index (χ3v) is 4.14. The molecule has 0 spiro atoms. The van der Waals surface area contributed by atoms with Gasteiger partial charge in [-0.15, -0.1) is 0 Å². The van der Waals surface area contributed by atoms with Crippen molar-refractivity contribution in [3.8, 4) is 0 Å². The Morgan fingerprint density at radius 1 is 1.21 bits per heavy atom. The second kappa shape index (κ2) is 7.31. The minimum Gasteiger partial charge on any atom is -0.394 e. The first-order valence-electron chi connectivity index (χ1n) is 8.11. The van der Waals surface area contributed by atoms with Gasteiger partial charge in [0.2, 0.25) is 0 Å². The topological polar surface area (TPSA) is 67.9 Å². The Morgan fingerprint density at radius 3 is 2.83 bits per heavy atom. The Bertz CT molecular complexity index is 792. The second-order valence-electron chi connectivity index (χ2n) is 5.85. The molecule has 6 nitrogen and oxygen atoms in total. The van der Waals surface area contributed by atoms with Gasteiger partial charge in [-0.1, -0.05) is 12.1 Å². The zero-order valence-corrected chi connectivity index (χ0v) is 14.1. The number of anilines is 1. The molecule has 0 amide bonds. The van der Waals surface area contributed by atoms with E-state index in [-0.39, 0.29) is 6.61 Å². The van der Waals surface area contributed by atoms with Gasteiger partial charge in [-0.3, -0.25) is 9.36 Å². The van der Waals surface area contributed by atoms with Crippen LogP contribution < -0.4 is 5.32 Å². The molecule has 1 aromatic carbocycles. The van der Waals surface area contributed by atoms with Crippen LogP contribution >= 0.6 is 0 Å². The summed E-state index contributed by atoms with van der Waals surface area (Å²) in [6, 6.07) is 10.3. The Kier molecular flexibility index (Phi) is 4.96. The van der Waals surface area contributed by atoms with Crippen LogP contribution in [-0.2, 0) is 19.6 Å². The molecule has 0 unspecified atom stereocenters. The minimum absolute atomic E-state index is 0.101. The lowest BCUT2D eigenvalue weighted by Gasteiger charge is -2.09. The summed E-state index contributed by atoms with van der Waals surface area (Å²) in [7, 11) is 0. The average molecular weight is 325 g/mol. The number of aromatic nitrogens is 4. The van der Waals surface area contributed by atoms with E-state index in [1.54, 1.807) is 6.20 Å². The van der Waals surface area contributed by atoms with Gasteiger partial charge in [0, 0.05) is 35.9 Å². The number of benzene rings is 1. The Morgan fingerprint density at radius 2 is 2.08 bits per heavy atom. The number of hydrogen-bond acceptors (Lipinski definition) is 4. The summed E-state index contributed by atoms with van der Waals surface area (Å²) < 4.78 is 3.77. The molecule has 0 bridgehead atoms. The molecule has 0 radical (unpaired) electrons. The number of aliphatic hydroxyl groups excluding tert-OH is 1. The maximum absolute atomic E-state index is 9.10. The maximum atomic E-state index is 9.10. The fourth-order valence-corrected chi connectivity index (χ4v) is 2.85. The Balaban J connectivity index is 1.69. The molecule has 126 valence electrons. The largest absolute Gasteiger partial charge is 0.394 e. The predicted molar refractivity (Wildman–Crippen MR) is 93.9 cm³/mol. The van der Waals surface area contributed by atoms with Crippen molar-refractivity contribution in [3.63, 3.8) is 0 Å². The summed E-state index contributed by atoms with van der Waals surface area (Å²) in [5.74, 6) is 0. The molecule has 3 aromatic rings. The van der Waals surface area contributed by atoms with Crippen LogP contribution in [0.5, 0.6) is 0 Å². The van der Waals surface area contributed by atoms with E-state index in [1.165, 1.54) is 11.1 Å². The average Bonchev–Trinajstić information content (AvgIpc) is 3.16. The summed E-state index contributed by atoms with van der Waals surface area (Å²) >= 11 is 0. The zero-order valence-electron chi connectivity index (χ0n) is 14.1. The molecular weight excluding hydrogens is 302 g/mol. The molecule has 2 aromatic heterocycles. The van der Waals surface area contributed by atoms with Gasteiger partial charge >= 0.3 is 0 Å². The van der Waals surface area contributed by atoms with E-state index in [1.807, 2.05) is 35.5 Å². The zero-order chi connectivity index (χ0) is 16.9. The molecule has 0 saturated carbocycles. The number of hydrogen-bond donors (Lipinski definition) is 2. The highest BCUT2D eigenvalue weighted by Crippen LogP contribution is 2.17. The van der Waals surface area contributed by atoms with E-state index in [0.717, 1.165) is 23.6 Å². The predicted octanol–water partition coefficient (Wildman–Crippen LogP) is 2.35. The number of nitrogens with zero attached hydrogens (tertiary/aromatic N) is 4. The van der Waals surface area contributed by atoms with Crippen molar-refractivity contribution in [1.82, 2.24) is 19.6 Å². The third kappa shape index (κ3) is 3.65. The SMILES string of the molecule is Cc1nn(CCO)c(C)c1CNc1cccc(Cn2cccn2)c1. The van der Waals surface area contributed by atoms with Crippen LogP contribution in [0.15, 0.2) is 42.7 Å². The molecule has 0 aliphatic carbocycles. The molecule has 0 fully saturated rings. The summed E-state index contributed by atoms with van der Waals surface area (Å²) in [6.07, 6.45) is 3.75. The van der Waals surface area contributed by atoms with Crippen LogP contribution in [0.4, 0.5) is 5.69 Å². The quantitative estimate of drug-likeness (QED) is 0.700. The van der Waals surface area contributed by atoms with E-state index in [4.69, 9.17) is 5.11 Å². The molecule has 0 saturated heterocycles. The molecule has 2 N–H and O–H groups in total. The maximum Gasteiger partial charge on any atom is 0.0660 e. The van der Waals surface area contributed by atoms with Gasteiger partial charge < -0.3 is 10.4 Å². The Hall–Kier alpha value is -2.60. The molecule has 0 aliphatic rings. The van der Waals surface area contributed by atoms with Crippen LogP contribution in [-0.4, -0.2) is 31.3 Å². The van der Waals surface area contributed by atoms with Gasteiger partial charge in [-0.25, -0.2) is 0 Å². The first-order chi connectivity index (χ1) is 11.7. The molecule has 2 heterocycles.